The number of hydrogen-bond donors (Lipinski definition) is 0. The van der Waals surface area contributed by atoms with Crippen LogP contribution in [0.3, 0.4) is 0 Å². The lowest BCUT2D eigenvalue weighted by Crippen LogP contribution is -2.20. The van der Waals surface area contributed by atoms with Crippen molar-refractivity contribution in [3.63, 3.8) is 0 Å². The van der Waals surface area contributed by atoms with Gasteiger partial charge < -0.3 is 4.74 Å². The molecule has 0 bridgehead atoms. The number of hydrogen-bond acceptors (Lipinski definition) is 2. The van der Waals surface area contributed by atoms with E-state index in [0.29, 0.717) is 12.2 Å². The molecule has 0 unspecified atom stereocenters. The molecule has 2 aromatic carbocycles. The molecular formula is C15H11BrO2. The van der Waals surface area contributed by atoms with Crippen LogP contribution < -0.4 is 4.74 Å². The minimum Gasteiger partial charge on any atom is -0.426 e. The van der Waals surface area contributed by atoms with E-state index in [4.69, 9.17) is 4.74 Å². The van der Waals surface area contributed by atoms with Gasteiger partial charge in [-0.15, -0.1) is 0 Å². The summed E-state index contributed by atoms with van der Waals surface area (Å²) in [4.78, 5) is 11.7. The van der Waals surface area contributed by atoms with Gasteiger partial charge in [0.05, 0.1) is 6.42 Å². The number of ether oxygens (including phenoxy) is 1. The summed E-state index contributed by atoms with van der Waals surface area (Å²) in [5, 5.41) is 0. The highest BCUT2D eigenvalue weighted by Gasteiger charge is 2.28. The smallest absolute Gasteiger partial charge is 0.312 e. The molecule has 90 valence electrons. The zero-order valence-corrected chi connectivity index (χ0v) is 11.2. The Bertz CT molecular complexity index is 593. The predicted octanol–water partition coefficient (Wildman–Crippen LogP) is 3.89. The van der Waals surface area contributed by atoms with Crippen molar-refractivity contribution in [2.75, 3.05) is 0 Å². The van der Waals surface area contributed by atoms with Gasteiger partial charge in [-0.05, 0) is 23.8 Å². The van der Waals surface area contributed by atoms with Crippen LogP contribution in [0.25, 0.3) is 0 Å². The molecule has 0 aliphatic carbocycles. The van der Waals surface area contributed by atoms with Crippen molar-refractivity contribution in [2.24, 2.45) is 0 Å². The molecule has 1 heterocycles. The topological polar surface area (TPSA) is 26.3 Å². The maximum Gasteiger partial charge on any atom is 0.312 e. The molecule has 1 aliphatic heterocycles. The van der Waals surface area contributed by atoms with Crippen LogP contribution in [-0.4, -0.2) is 5.97 Å². The summed E-state index contributed by atoms with van der Waals surface area (Å²) in [5.41, 5.74) is 2.21. The van der Waals surface area contributed by atoms with Gasteiger partial charge in [0.2, 0.25) is 0 Å². The van der Waals surface area contributed by atoms with Gasteiger partial charge in [-0.3, -0.25) is 4.79 Å². The van der Waals surface area contributed by atoms with Crippen molar-refractivity contribution in [1.82, 2.24) is 0 Å². The Balaban J connectivity index is 2.12. The van der Waals surface area contributed by atoms with Crippen LogP contribution in [-0.2, 0) is 4.79 Å². The molecule has 0 saturated carbocycles. The van der Waals surface area contributed by atoms with Crippen molar-refractivity contribution in [3.8, 4) is 5.75 Å². The lowest BCUT2D eigenvalue weighted by molar-refractivity contribution is -0.135. The monoisotopic (exact) mass is 302 g/mol. The molecule has 18 heavy (non-hydrogen) atoms. The number of esters is 1. The number of carbonyl (C=O) groups is 1. The Morgan fingerprint density at radius 1 is 1.11 bits per heavy atom. The fourth-order valence-corrected chi connectivity index (χ4v) is 2.69. The summed E-state index contributed by atoms with van der Waals surface area (Å²) in [7, 11) is 0. The zero-order valence-electron chi connectivity index (χ0n) is 9.60. The highest BCUT2D eigenvalue weighted by atomic mass is 79.9. The number of carbonyl (C=O) groups excluding carboxylic acids is 1. The summed E-state index contributed by atoms with van der Waals surface area (Å²) in [6.07, 6.45) is 0.396. The molecule has 0 amide bonds. The molecule has 1 atom stereocenters. The van der Waals surface area contributed by atoms with Crippen LogP contribution in [0.4, 0.5) is 0 Å². The Hall–Kier alpha value is -1.61. The molecule has 0 aromatic heterocycles. The summed E-state index contributed by atoms with van der Waals surface area (Å²) >= 11 is 3.47. The number of rotatable bonds is 1. The first-order valence-electron chi connectivity index (χ1n) is 5.79. The predicted molar refractivity (Wildman–Crippen MR) is 72.7 cm³/mol. The lowest BCUT2D eigenvalue weighted by atomic mass is 9.86. The van der Waals surface area contributed by atoms with E-state index in [1.54, 1.807) is 0 Å². The van der Waals surface area contributed by atoms with Crippen LogP contribution in [0.2, 0.25) is 0 Å². The number of halogens is 1. The van der Waals surface area contributed by atoms with Gasteiger partial charge in [0, 0.05) is 16.0 Å². The third-order valence-electron chi connectivity index (χ3n) is 3.14. The van der Waals surface area contributed by atoms with Crippen LogP contribution in [0.1, 0.15) is 23.5 Å². The largest absolute Gasteiger partial charge is 0.426 e. The zero-order chi connectivity index (χ0) is 12.5. The third-order valence-corrected chi connectivity index (χ3v) is 3.64. The van der Waals surface area contributed by atoms with Gasteiger partial charge in [-0.25, -0.2) is 0 Å². The van der Waals surface area contributed by atoms with Gasteiger partial charge in [0.1, 0.15) is 5.75 Å². The van der Waals surface area contributed by atoms with Crippen molar-refractivity contribution >= 4 is 21.9 Å². The maximum absolute atomic E-state index is 11.7. The summed E-state index contributed by atoms with van der Waals surface area (Å²) in [6.45, 7) is 0. The second-order valence-corrected chi connectivity index (χ2v) is 5.24. The molecule has 2 nitrogen and oxygen atoms in total. The van der Waals surface area contributed by atoms with Crippen molar-refractivity contribution < 1.29 is 9.53 Å². The van der Waals surface area contributed by atoms with E-state index in [1.807, 2.05) is 48.5 Å². The van der Waals surface area contributed by atoms with Gasteiger partial charge in [-0.2, -0.15) is 0 Å². The highest BCUT2D eigenvalue weighted by molar-refractivity contribution is 9.10. The summed E-state index contributed by atoms with van der Waals surface area (Å²) in [5.74, 6) is 0.585. The normalized spacial score (nSPS) is 18.1. The molecule has 3 heteroatoms. The molecule has 0 N–H and O–H groups in total. The standard InChI is InChI=1S/C15H11BrO2/c16-11-6-7-14-13(8-11)12(9-15(17)18-14)10-4-2-1-3-5-10/h1-8,12H,9H2/t12-/m0/s1. The van der Waals surface area contributed by atoms with E-state index in [1.165, 1.54) is 0 Å². The second-order valence-electron chi connectivity index (χ2n) is 4.32. The van der Waals surface area contributed by atoms with Gasteiger partial charge in [0.15, 0.2) is 0 Å². The Labute approximate surface area is 114 Å². The number of benzene rings is 2. The molecule has 0 spiro atoms. The van der Waals surface area contributed by atoms with Crippen molar-refractivity contribution in [1.29, 1.82) is 0 Å². The SMILES string of the molecule is O=C1C[C@@H](c2ccccc2)c2cc(Br)ccc2O1. The van der Waals surface area contributed by atoms with Crippen molar-refractivity contribution in [2.45, 2.75) is 12.3 Å². The van der Waals surface area contributed by atoms with Crippen LogP contribution in [0, 0.1) is 0 Å². The molecule has 1 aliphatic rings. The van der Waals surface area contributed by atoms with Crippen molar-refractivity contribution in [3.05, 3.63) is 64.1 Å². The molecule has 2 aromatic rings. The Morgan fingerprint density at radius 3 is 2.67 bits per heavy atom. The van der Waals surface area contributed by atoms with Gasteiger partial charge >= 0.3 is 5.97 Å². The fraction of sp³-hybridized carbons (Fsp3) is 0.133. The lowest BCUT2D eigenvalue weighted by Gasteiger charge is -2.25. The van der Waals surface area contributed by atoms with E-state index in [-0.39, 0.29) is 11.9 Å². The first-order valence-corrected chi connectivity index (χ1v) is 6.58. The van der Waals surface area contributed by atoms with Crippen LogP contribution >= 0.6 is 15.9 Å². The molecule has 3 rings (SSSR count). The van der Waals surface area contributed by atoms with E-state index >= 15 is 0 Å². The van der Waals surface area contributed by atoms with E-state index in [2.05, 4.69) is 15.9 Å². The van der Waals surface area contributed by atoms with E-state index in [0.717, 1.165) is 15.6 Å². The molecule has 0 fully saturated rings. The van der Waals surface area contributed by atoms with E-state index in [9.17, 15) is 4.79 Å². The van der Waals surface area contributed by atoms with Crippen LogP contribution in [0.5, 0.6) is 5.75 Å². The summed E-state index contributed by atoms with van der Waals surface area (Å²) in [6, 6.07) is 15.8. The first-order chi connectivity index (χ1) is 8.74. The molecule has 0 radical (unpaired) electrons. The third kappa shape index (κ3) is 2.06. The van der Waals surface area contributed by atoms with E-state index < -0.39 is 0 Å². The fourth-order valence-electron chi connectivity index (χ4n) is 2.31. The first kappa shape index (κ1) is 11.5. The Kier molecular flexibility index (Phi) is 2.92. The minimum atomic E-state index is -0.168. The second kappa shape index (κ2) is 4.58. The molecule has 0 saturated heterocycles. The maximum atomic E-state index is 11.7. The average Bonchev–Trinajstić information content (AvgIpc) is 2.39. The number of fused-ring (bicyclic) bond motifs is 1. The van der Waals surface area contributed by atoms with Gasteiger partial charge in [0.25, 0.3) is 0 Å². The Morgan fingerprint density at radius 2 is 1.89 bits per heavy atom. The summed E-state index contributed by atoms with van der Waals surface area (Å²) < 4.78 is 6.28. The minimum absolute atomic E-state index is 0.0833. The van der Waals surface area contributed by atoms with Gasteiger partial charge in [-0.1, -0.05) is 46.3 Å². The molecular weight excluding hydrogens is 292 g/mol. The highest BCUT2D eigenvalue weighted by Crippen LogP contribution is 2.39. The quantitative estimate of drug-likeness (QED) is 0.590. The average molecular weight is 303 g/mol. The van der Waals surface area contributed by atoms with Crippen LogP contribution in [0.15, 0.2) is 53.0 Å².